The van der Waals surface area contributed by atoms with E-state index in [0.717, 1.165) is 16.9 Å². The molecule has 0 atom stereocenters. The zero-order valence-electron chi connectivity index (χ0n) is 12.5. The van der Waals surface area contributed by atoms with Crippen molar-refractivity contribution in [3.63, 3.8) is 0 Å². The molecule has 0 unspecified atom stereocenters. The van der Waals surface area contributed by atoms with Crippen molar-refractivity contribution in [2.75, 3.05) is 0 Å². The Morgan fingerprint density at radius 3 is 2.86 bits per heavy atom. The van der Waals surface area contributed by atoms with Gasteiger partial charge in [-0.15, -0.1) is 0 Å². The summed E-state index contributed by atoms with van der Waals surface area (Å²) in [5.41, 5.74) is 4.02. The standard InChI is InChI=1S/C18H15N3O/c1-3-15-17(21-9-5-4-6-16(21)20-15)18(22)13-8-7-12(2)14(10-13)11-19/h4-10H,3H2,1-2H3. The molecule has 2 heterocycles. The number of benzene rings is 1. The van der Waals surface area contributed by atoms with Crippen LogP contribution < -0.4 is 0 Å². The van der Waals surface area contributed by atoms with Crippen molar-refractivity contribution < 1.29 is 4.79 Å². The SMILES string of the molecule is CCc1nc2ccccn2c1C(=O)c1ccc(C)c(C#N)c1. The van der Waals surface area contributed by atoms with Gasteiger partial charge in [-0.05, 0) is 37.1 Å². The fourth-order valence-electron chi connectivity index (χ4n) is 2.55. The van der Waals surface area contributed by atoms with Gasteiger partial charge in [-0.2, -0.15) is 5.26 Å². The van der Waals surface area contributed by atoms with Crippen molar-refractivity contribution in [2.45, 2.75) is 20.3 Å². The Balaban J connectivity index is 2.19. The van der Waals surface area contributed by atoms with Crippen LogP contribution >= 0.6 is 0 Å². The summed E-state index contributed by atoms with van der Waals surface area (Å²) in [5, 5.41) is 9.15. The van der Waals surface area contributed by atoms with Crippen molar-refractivity contribution in [3.05, 3.63) is 70.7 Å². The molecule has 22 heavy (non-hydrogen) atoms. The lowest BCUT2D eigenvalue weighted by Crippen LogP contribution is -2.08. The van der Waals surface area contributed by atoms with Gasteiger partial charge in [-0.25, -0.2) is 4.98 Å². The molecule has 0 saturated heterocycles. The van der Waals surface area contributed by atoms with E-state index in [0.29, 0.717) is 23.2 Å². The van der Waals surface area contributed by atoms with Crippen LogP contribution in [0.1, 0.15) is 39.8 Å². The molecule has 4 heteroatoms. The number of imidazole rings is 1. The normalized spacial score (nSPS) is 10.6. The third-order valence-corrected chi connectivity index (χ3v) is 3.77. The number of nitriles is 1. The van der Waals surface area contributed by atoms with Gasteiger partial charge in [0.15, 0.2) is 0 Å². The van der Waals surface area contributed by atoms with Crippen LogP contribution in [0.15, 0.2) is 42.6 Å². The summed E-state index contributed by atoms with van der Waals surface area (Å²) in [6.07, 6.45) is 2.52. The third kappa shape index (κ3) is 2.17. The Bertz CT molecular complexity index is 916. The number of hydrogen-bond acceptors (Lipinski definition) is 3. The third-order valence-electron chi connectivity index (χ3n) is 3.77. The molecule has 0 aliphatic heterocycles. The molecular weight excluding hydrogens is 274 g/mol. The zero-order valence-corrected chi connectivity index (χ0v) is 12.5. The van der Waals surface area contributed by atoms with Gasteiger partial charge < -0.3 is 0 Å². The van der Waals surface area contributed by atoms with Crippen LogP contribution in [0.5, 0.6) is 0 Å². The molecule has 4 nitrogen and oxygen atoms in total. The highest BCUT2D eigenvalue weighted by molar-refractivity contribution is 6.09. The van der Waals surface area contributed by atoms with Crippen molar-refractivity contribution in [1.82, 2.24) is 9.38 Å². The Morgan fingerprint density at radius 1 is 1.32 bits per heavy atom. The lowest BCUT2D eigenvalue weighted by Gasteiger charge is -2.05. The Hall–Kier alpha value is -2.93. The first-order valence-electron chi connectivity index (χ1n) is 7.17. The fraction of sp³-hybridized carbons (Fsp3) is 0.167. The molecule has 0 radical (unpaired) electrons. The minimum absolute atomic E-state index is 0.105. The van der Waals surface area contributed by atoms with Crippen LogP contribution in [-0.2, 0) is 6.42 Å². The smallest absolute Gasteiger partial charge is 0.211 e. The van der Waals surface area contributed by atoms with Crippen molar-refractivity contribution in [1.29, 1.82) is 5.26 Å². The van der Waals surface area contributed by atoms with Gasteiger partial charge in [-0.1, -0.05) is 25.1 Å². The first-order chi connectivity index (χ1) is 10.7. The monoisotopic (exact) mass is 289 g/mol. The second-order valence-corrected chi connectivity index (χ2v) is 5.16. The number of rotatable bonds is 3. The van der Waals surface area contributed by atoms with E-state index in [1.165, 1.54) is 0 Å². The average Bonchev–Trinajstić information content (AvgIpc) is 2.93. The van der Waals surface area contributed by atoms with Crippen LogP contribution in [0, 0.1) is 18.3 Å². The number of pyridine rings is 1. The van der Waals surface area contributed by atoms with E-state index in [1.807, 2.05) is 42.6 Å². The molecule has 0 amide bonds. The number of nitrogens with zero attached hydrogens (tertiary/aromatic N) is 3. The summed E-state index contributed by atoms with van der Waals surface area (Å²) in [4.78, 5) is 17.4. The Morgan fingerprint density at radius 2 is 2.14 bits per heavy atom. The molecule has 3 rings (SSSR count). The van der Waals surface area contributed by atoms with Crippen molar-refractivity contribution in [2.24, 2.45) is 0 Å². The van der Waals surface area contributed by atoms with Gasteiger partial charge in [0.2, 0.25) is 5.78 Å². The first-order valence-corrected chi connectivity index (χ1v) is 7.17. The van der Waals surface area contributed by atoms with Crippen LogP contribution in [0.25, 0.3) is 5.65 Å². The van der Waals surface area contributed by atoms with Crippen LogP contribution in [0.3, 0.4) is 0 Å². The topological polar surface area (TPSA) is 58.2 Å². The summed E-state index contributed by atoms with van der Waals surface area (Å²) in [7, 11) is 0. The van der Waals surface area contributed by atoms with Gasteiger partial charge in [0.25, 0.3) is 0 Å². The van der Waals surface area contributed by atoms with E-state index in [-0.39, 0.29) is 5.78 Å². The molecule has 0 saturated carbocycles. The zero-order chi connectivity index (χ0) is 15.7. The van der Waals surface area contributed by atoms with E-state index in [4.69, 9.17) is 5.26 Å². The van der Waals surface area contributed by atoms with Gasteiger partial charge in [0, 0.05) is 11.8 Å². The molecule has 2 aromatic heterocycles. The van der Waals surface area contributed by atoms with E-state index in [9.17, 15) is 4.79 Å². The van der Waals surface area contributed by atoms with Crippen LogP contribution in [0.2, 0.25) is 0 Å². The second kappa shape index (κ2) is 5.45. The molecule has 0 spiro atoms. The minimum atomic E-state index is -0.105. The average molecular weight is 289 g/mol. The highest BCUT2D eigenvalue weighted by Gasteiger charge is 2.20. The van der Waals surface area contributed by atoms with Gasteiger partial charge in [0.05, 0.1) is 17.3 Å². The molecule has 0 aliphatic carbocycles. The summed E-state index contributed by atoms with van der Waals surface area (Å²) >= 11 is 0. The van der Waals surface area contributed by atoms with E-state index >= 15 is 0 Å². The van der Waals surface area contributed by atoms with Gasteiger partial charge in [0.1, 0.15) is 11.3 Å². The van der Waals surface area contributed by atoms with Crippen molar-refractivity contribution in [3.8, 4) is 6.07 Å². The quantitative estimate of drug-likeness (QED) is 0.695. The maximum atomic E-state index is 12.9. The van der Waals surface area contributed by atoms with Gasteiger partial charge in [-0.3, -0.25) is 9.20 Å². The number of fused-ring (bicyclic) bond motifs is 1. The largest absolute Gasteiger partial charge is 0.297 e. The number of ketones is 1. The van der Waals surface area contributed by atoms with E-state index in [2.05, 4.69) is 11.1 Å². The van der Waals surface area contributed by atoms with E-state index in [1.54, 1.807) is 18.2 Å². The maximum Gasteiger partial charge on any atom is 0.211 e. The second-order valence-electron chi connectivity index (χ2n) is 5.16. The number of carbonyl (C=O) groups excluding carboxylic acids is 1. The molecule has 1 aromatic carbocycles. The highest BCUT2D eigenvalue weighted by atomic mass is 16.1. The number of aryl methyl sites for hydroxylation is 2. The molecule has 3 aromatic rings. The molecule has 0 bridgehead atoms. The predicted molar refractivity (Wildman–Crippen MR) is 83.9 cm³/mol. The summed E-state index contributed by atoms with van der Waals surface area (Å²) in [5.74, 6) is -0.105. The van der Waals surface area contributed by atoms with Crippen molar-refractivity contribution >= 4 is 11.4 Å². The fourth-order valence-corrected chi connectivity index (χ4v) is 2.55. The Kier molecular flexibility index (Phi) is 3.48. The highest BCUT2D eigenvalue weighted by Crippen LogP contribution is 2.19. The Labute approximate surface area is 128 Å². The predicted octanol–water partition coefficient (Wildman–Crippen LogP) is 3.31. The summed E-state index contributed by atoms with van der Waals surface area (Å²) in [6.45, 7) is 3.84. The molecule has 0 fully saturated rings. The number of carbonyl (C=O) groups is 1. The lowest BCUT2D eigenvalue weighted by atomic mass is 10.0. The van der Waals surface area contributed by atoms with E-state index < -0.39 is 0 Å². The minimum Gasteiger partial charge on any atom is -0.297 e. The number of aromatic nitrogens is 2. The summed E-state index contributed by atoms with van der Waals surface area (Å²) in [6, 6.07) is 13.0. The van der Waals surface area contributed by atoms with Gasteiger partial charge >= 0.3 is 0 Å². The molecule has 108 valence electrons. The molecule has 0 aliphatic rings. The maximum absolute atomic E-state index is 12.9. The van der Waals surface area contributed by atoms with Crippen LogP contribution in [-0.4, -0.2) is 15.2 Å². The first kappa shape index (κ1) is 14.0. The summed E-state index contributed by atoms with van der Waals surface area (Å²) < 4.78 is 1.81. The lowest BCUT2D eigenvalue weighted by molar-refractivity contribution is 0.103. The molecule has 0 N–H and O–H groups in total. The molecular formula is C18H15N3O. The van der Waals surface area contributed by atoms with Crippen LogP contribution in [0.4, 0.5) is 0 Å². The number of hydrogen-bond donors (Lipinski definition) is 0.